The van der Waals surface area contributed by atoms with E-state index < -0.39 is 6.04 Å². The Hall–Kier alpha value is -3.49. The monoisotopic (exact) mass is 379 g/mol. The zero-order valence-electron chi connectivity index (χ0n) is 15.5. The van der Waals surface area contributed by atoms with Crippen molar-refractivity contribution in [2.45, 2.75) is 13.0 Å². The third-order valence-corrected chi connectivity index (χ3v) is 4.83. The molecule has 2 aromatic heterocycles. The Balaban J connectivity index is 1.35. The van der Waals surface area contributed by atoms with Gasteiger partial charge in [0, 0.05) is 44.0 Å². The molecule has 4 rings (SSSR count). The van der Waals surface area contributed by atoms with Crippen LogP contribution in [0, 0.1) is 0 Å². The Morgan fingerprint density at radius 2 is 1.79 bits per heavy atom. The lowest BCUT2D eigenvalue weighted by Crippen LogP contribution is -2.54. The third kappa shape index (κ3) is 3.51. The number of rotatable bonds is 4. The van der Waals surface area contributed by atoms with Crippen LogP contribution in [-0.4, -0.2) is 69.1 Å². The van der Waals surface area contributed by atoms with Gasteiger partial charge in [-0.3, -0.25) is 14.7 Å². The van der Waals surface area contributed by atoms with Crippen molar-refractivity contribution in [2.75, 3.05) is 31.1 Å². The van der Waals surface area contributed by atoms with Gasteiger partial charge in [0.15, 0.2) is 5.69 Å². The number of hydrogen-bond donors (Lipinski definition) is 2. The molecule has 3 aromatic rings. The van der Waals surface area contributed by atoms with Crippen LogP contribution in [-0.2, 0) is 4.79 Å². The first-order valence-electron chi connectivity index (χ1n) is 9.18. The number of fused-ring (bicyclic) bond motifs is 1. The molecule has 2 N–H and O–H groups in total. The van der Waals surface area contributed by atoms with Crippen molar-refractivity contribution in [2.24, 2.45) is 0 Å². The van der Waals surface area contributed by atoms with Crippen molar-refractivity contribution in [3.63, 3.8) is 0 Å². The van der Waals surface area contributed by atoms with Crippen molar-refractivity contribution in [3.8, 4) is 0 Å². The summed E-state index contributed by atoms with van der Waals surface area (Å²) in [6.07, 6.45) is 3.41. The van der Waals surface area contributed by atoms with Gasteiger partial charge in [-0.15, -0.1) is 0 Å². The van der Waals surface area contributed by atoms with E-state index in [-0.39, 0.29) is 11.8 Å². The largest absolute Gasteiger partial charge is 0.339 e. The van der Waals surface area contributed by atoms with Gasteiger partial charge in [0.05, 0.1) is 5.52 Å². The standard InChI is InChI=1S/C19H21N7O2/c1-13(22-17(27)16-14-5-2-3-6-15(14)23-24-16)18(28)25-9-11-26(12-10-25)19-20-7-4-8-21-19/h2-8,13H,9-12H2,1H3,(H,22,27)(H,23,24). The maximum absolute atomic E-state index is 12.7. The molecule has 1 unspecified atom stereocenters. The average Bonchev–Trinajstić information content (AvgIpc) is 3.18. The maximum atomic E-state index is 12.7. The molecule has 1 saturated heterocycles. The summed E-state index contributed by atoms with van der Waals surface area (Å²) in [5, 5.41) is 10.4. The van der Waals surface area contributed by atoms with Crippen LogP contribution in [0.25, 0.3) is 10.9 Å². The first-order chi connectivity index (χ1) is 13.6. The Morgan fingerprint density at radius 3 is 2.54 bits per heavy atom. The lowest BCUT2D eigenvalue weighted by atomic mass is 10.2. The highest BCUT2D eigenvalue weighted by Gasteiger charge is 2.27. The quantitative estimate of drug-likeness (QED) is 0.695. The average molecular weight is 379 g/mol. The van der Waals surface area contributed by atoms with Crippen LogP contribution in [0.1, 0.15) is 17.4 Å². The minimum atomic E-state index is -0.637. The normalized spacial score (nSPS) is 15.5. The van der Waals surface area contributed by atoms with Crippen molar-refractivity contribution in [3.05, 3.63) is 48.4 Å². The number of nitrogens with zero attached hydrogens (tertiary/aromatic N) is 5. The van der Waals surface area contributed by atoms with E-state index in [1.807, 2.05) is 29.2 Å². The molecule has 0 radical (unpaired) electrons. The lowest BCUT2D eigenvalue weighted by molar-refractivity contribution is -0.133. The van der Waals surface area contributed by atoms with Gasteiger partial charge < -0.3 is 15.1 Å². The van der Waals surface area contributed by atoms with Gasteiger partial charge >= 0.3 is 0 Å². The number of aromatic nitrogens is 4. The number of aromatic amines is 1. The second-order valence-electron chi connectivity index (χ2n) is 6.67. The smallest absolute Gasteiger partial charge is 0.273 e. The van der Waals surface area contributed by atoms with Crippen molar-refractivity contribution in [1.29, 1.82) is 0 Å². The summed E-state index contributed by atoms with van der Waals surface area (Å²) in [6, 6.07) is 8.53. The Bertz CT molecular complexity index is 980. The van der Waals surface area contributed by atoms with Gasteiger partial charge in [-0.25, -0.2) is 9.97 Å². The molecule has 1 fully saturated rings. The SMILES string of the molecule is CC(NC(=O)c1n[nH]c2ccccc12)C(=O)N1CCN(c2ncccn2)CC1. The van der Waals surface area contributed by atoms with Gasteiger partial charge in [0.25, 0.3) is 5.91 Å². The molecular weight excluding hydrogens is 358 g/mol. The predicted molar refractivity (Wildman–Crippen MR) is 104 cm³/mol. The van der Waals surface area contributed by atoms with Crippen LogP contribution in [0.4, 0.5) is 5.95 Å². The number of amides is 2. The van der Waals surface area contributed by atoms with E-state index in [0.29, 0.717) is 37.8 Å². The molecule has 1 aromatic carbocycles. The first kappa shape index (κ1) is 17.9. The highest BCUT2D eigenvalue weighted by molar-refractivity contribution is 6.05. The number of piperazine rings is 1. The molecule has 9 heteroatoms. The van der Waals surface area contributed by atoms with Crippen LogP contribution >= 0.6 is 0 Å². The number of hydrogen-bond acceptors (Lipinski definition) is 6. The molecule has 0 bridgehead atoms. The van der Waals surface area contributed by atoms with Crippen LogP contribution in [0.3, 0.4) is 0 Å². The second-order valence-corrected chi connectivity index (χ2v) is 6.67. The summed E-state index contributed by atoms with van der Waals surface area (Å²) in [7, 11) is 0. The number of benzene rings is 1. The fraction of sp³-hybridized carbons (Fsp3) is 0.316. The fourth-order valence-corrected chi connectivity index (χ4v) is 3.32. The molecule has 1 aliphatic heterocycles. The summed E-state index contributed by atoms with van der Waals surface area (Å²) in [6.45, 7) is 4.12. The number of anilines is 1. The van der Waals surface area contributed by atoms with Crippen LogP contribution in [0.5, 0.6) is 0 Å². The van der Waals surface area contributed by atoms with Gasteiger partial charge in [0.1, 0.15) is 6.04 Å². The van der Waals surface area contributed by atoms with Crippen LogP contribution in [0.2, 0.25) is 0 Å². The molecule has 0 spiro atoms. The van der Waals surface area contributed by atoms with E-state index in [4.69, 9.17) is 0 Å². The molecule has 3 heterocycles. The summed E-state index contributed by atoms with van der Waals surface area (Å²) < 4.78 is 0. The Morgan fingerprint density at radius 1 is 1.07 bits per heavy atom. The van der Waals surface area contributed by atoms with Gasteiger partial charge in [-0.2, -0.15) is 5.10 Å². The van der Waals surface area contributed by atoms with Gasteiger partial charge in [-0.1, -0.05) is 18.2 Å². The maximum Gasteiger partial charge on any atom is 0.273 e. The number of para-hydroxylation sites is 1. The molecule has 2 amide bonds. The predicted octanol–water partition coefficient (Wildman–Crippen LogP) is 0.820. The van der Waals surface area contributed by atoms with E-state index in [9.17, 15) is 9.59 Å². The Kier molecular flexibility index (Phi) is 4.88. The highest BCUT2D eigenvalue weighted by Crippen LogP contribution is 2.15. The first-order valence-corrected chi connectivity index (χ1v) is 9.18. The number of carbonyl (C=O) groups excluding carboxylic acids is 2. The highest BCUT2D eigenvalue weighted by atomic mass is 16.2. The van der Waals surface area contributed by atoms with Crippen LogP contribution in [0.15, 0.2) is 42.7 Å². The van der Waals surface area contributed by atoms with Crippen molar-refractivity contribution in [1.82, 2.24) is 30.4 Å². The van der Waals surface area contributed by atoms with Crippen molar-refractivity contribution >= 4 is 28.7 Å². The molecule has 1 atom stereocenters. The number of carbonyl (C=O) groups is 2. The molecule has 0 aliphatic carbocycles. The topological polar surface area (TPSA) is 107 Å². The van der Waals surface area contributed by atoms with E-state index in [0.717, 1.165) is 10.9 Å². The molecular formula is C19H21N7O2. The molecule has 0 saturated carbocycles. The summed E-state index contributed by atoms with van der Waals surface area (Å²) >= 11 is 0. The van der Waals surface area contributed by atoms with E-state index in [1.54, 1.807) is 30.3 Å². The fourth-order valence-electron chi connectivity index (χ4n) is 3.32. The van der Waals surface area contributed by atoms with E-state index in [2.05, 4.69) is 25.5 Å². The van der Waals surface area contributed by atoms with E-state index >= 15 is 0 Å². The molecule has 1 aliphatic rings. The minimum Gasteiger partial charge on any atom is -0.339 e. The Labute approximate surface area is 161 Å². The summed E-state index contributed by atoms with van der Waals surface area (Å²) in [4.78, 5) is 37.6. The zero-order valence-corrected chi connectivity index (χ0v) is 15.5. The zero-order chi connectivity index (χ0) is 19.5. The third-order valence-electron chi connectivity index (χ3n) is 4.83. The number of H-pyrrole nitrogens is 1. The summed E-state index contributed by atoms with van der Waals surface area (Å²) in [5.41, 5.74) is 1.08. The molecule has 9 nitrogen and oxygen atoms in total. The van der Waals surface area contributed by atoms with Gasteiger partial charge in [-0.05, 0) is 19.1 Å². The molecule has 28 heavy (non-hydrogen) atoms. The minimum absolute atomic E-state index is 0.109. The summed E-state index contributed by atoms with van der Waals surface area (Å²) in [5.74, 6) is 0.192. The van der Waals surface area contributed by atoms with Crippen LogP contribution < -0.4 is 10.2 Å². The second kappa shape index (κ2) is 7.63. The van der Waals surface area contributed by atoms with Crippen molar-refractivity contribution < 1.29 is 9.59 Å². The molecule has 144 valence electrons. The van der Waals surface area contributed by atoms with Gasteiger partial charge in [0.2, 0.25) is 11.9 Å². The lowest BCUT2D eigenvalue weighted by Gasteiger charge is -2.35. The van der Waals surface area contributed by atoms with E-state index in [1.165, 1.54) is 0 Å². The number of nitrogens with one attached hydrogen (secondary N) is 2.